The van der Waals surface area contributed by atoms with Gasteiger partial charge in [0, 0.05) is 5.56 Å². The predicted molar refractivity (Wildman–Crippen MR) is 92.8 cm³/mol. The van der Waals surface area contributed by atoms with Gasteiger partial charge in [-0.2, -0.15) is 10.2 Å². The first-order valence-corrected chi connectivity index (χ1v) is 7.68. The zero-order chi connectivity index (χ0) is 17.1. The van der Waals surface area contributed by atoms with Crippen LogP contribution in [0.2, 0.25) is 0 Å². The van der Waals surface area contributed by atoms with Crippen LogP contribution in [0.15, 0.2) is 33.9 Å². The summed E-state index contributed by atoms with van der Waals surface area (Å²) in [6, 6.07) is 5.53. The van der Waals surface area contributed by atoms with E-state index >= 15 is 0 Å². The second-order valence-corrected chi connectivity index (χ2v) is 5.43. The van der Waals surface area contributed by atoms with E-state index in [0.29, 0.717) is 22.9 Å². The smallest absolute Gasteiger partial charge is 0.213 e. The summed E-state index contributed by atoms with van der Waals surface area (Å²) >= 11 is 1.41. The minimum absolute atomic E-state index is 0.127. The Morgan fingerprint density at radius 2 is 2.04 bits per heavy atom. The Balaban J connectivity index is 2.14. The van der Waals surface area contributed by atoms with Crippen LogP contribution in [0.5, 0.6) is 11.5 Å². The fourth-order valence-electron chi connectivity index (χ4n) is 2.17. The third-order valence-corrected chi connectivity index (χ3v) is 3.87. The number of aromatic nitrogens is 3. The molecular weight excluding hydrogens is 330 g/mol. The molecular formula is C14H15N7O2S. The largest absolute Gasteiger partial charge is 0.493 e. The van der Waals surface area contributed by atoms with Gasteiger partial charge in [0.2, 0.25) is 10.9 Å². The highest BCUT2D eigenvalue weighted by atomic mass is 32.1. The fraction of sp³-hybridized carbons (Fsp3) is 0.143. The lowest BCUT2D eigenvalue weighted by Crippen LogP contribution is -2.21. The number of guanidine groups is 1. The Labute approximate surface area is 141 Å². The van der Waals surface area contributed by atoms with Crippen molar-refractivity contribution >= 4 is 28.5 Å². The van der Waals surface area contributed by atoms with Gasteiger partial charge < -0.3 is 20.9 Å². The molecule has 0 aliphatic rings. The van der Waals surface area contributed by atoms with E-state index in [4.69, 9.17) is 20.9 Å². The van der Waals surface area contributed by atoms with Crippen LogP contribution in [0.4, 0.5) is 0 Å². The van der Waals surface area contributed by atoms with Crippen LogP contribution < -0.4 is 20.9 Å². The van der Waals surface area contributed by atoms with E-state index in [9.17, 15) is 0 Å². The molecule has 2 heterocycles. The number of hydrogen-bond donors (Lipinski definition) is 2. The molecule has 0 fully saturated rings. The highest BCUT2D eigenvalue weighted by Crippen LogP contribution is 2.33. The minimum atomic E-state index is -0.127. The summed E-state index contributed by atoms with van der Waals surface area (Å²) in [4.78, 5) is 5.32. The first kappa shape index (κ1) is 15.7. The summed E-state index contributed by atoms with van der Waals surface area (Å²) in [7, 11) is 3.16. The van der Waals surface area contributed by atoms with Crippen LogP contribution in [-0.2, 0) is 0 Å². The zero-order valence-electron chi connectivity index (χ0n) is 13.0. The van der Waals surface area contributed by atoms with E-state index in [1.165, 1.54) is 17.6 Å². The lowest BCUT2D eigenvalue weighted by Gasteiger charge is -2.08. The molecule has 0 radical (unpaired) electrons. The van der Waals surface area contributed by atoms with Crippen LogP contribution >= 0.6 is 11.3 Å². The van der Waals surface area contributed by atoms with Crippen molar-refractivity contribution in [2.24, 2.45) is 21.7 Å². The van der Waals surface area contributed by atoms with Crippen LogP contribution in [0.3, 0.4) is 0 Å². The number of imidazole rings is 1. The minimum Gasteiger partial charge on any atom is -0.493 e. The summed E-state index contributed by atoms with van der Waals surface area (Å²) in [6.07, 6.45) is 1.51. The Hall–Kier alpha value is -3.14. The normalized spacial score (nSPS) is 11.1. The molecule has 0 bridgehead atoms. The summed E-state index contributed by atoms with van der Waals surface area (Å²) in [5.41, 5.74) is 14.4. The van der Waals surface area contributed by atoms with Crippen molar-refractivity contribution in [2.75, 3.05) is 14.2 Å². The van der Waals surface area contributed by atoms with E-state index in [0.717, 1.165) is 10.5 Å². The molecule has 0 atom stereocenters. The average Bonchev–Trinajstić information content (AvgIpc) is 3.16. The van der Waals surface area contributed by atoms with Gasteiger partial charge in [0.1, 0.15) is 16.9 Å². The summed E-state index contributed by atoms with van der Waals surface area (Å²) < 4.78 is 12.3. The third-order valence-electron chi connectivity index (χ3n) is 3.19. The molecule has 0 spiro atoms. The molecule has 3 rings (SSSR count). The number of methoxy groups -OCH3 is 2. The molecule has 0 aliphatic carbocycles. The average molecular weight is 345 g/mol. The Morgan fingerprint density at radius 1 is 1.25 bits per heavy atom. The summed E-state index contributed by atoms with van der Waals surface area (Å²) in [5.74, 6) is 1.11. The van der Waals surface area contributed by atoms with Crippen molar-refractivity contribution in [3.8, 4) is 22.8 Å². The maximum Gasteiger partial charge on any atom is 0.213 e. The highest BCUT2D eigenvalue weighted by molar-refractivity contribution is 7.14. The maximum atomic E-state index is 5.35. The SMILES string of the molecule is COc1ccc(-c2nc3scnn3c2/C=N/N=C(N)N)cc1OC. The first-order chi connectivity index (χ1) is 11.6. The fourth-order valence-corrected chi connectivity index (χ4v) is 2.80. The van der Waals surface area contributed by atoms with E-state index in [1.54, 1.807) is 24.2 Å². The molecule has 0 aliphatic heterocycles. The predicted octanol–water partition coefficient (Wildman–Crippen LogP) is 1.08. The molecule has 2 aromatic heterocycles. The second-order valence-electron chi connectivity index (χ2n) is 4.62. The first-order valence-electron chi connectivity index (χ1n) is 6.80. The van der Waals surface area contributed by atoms with E-state index in [1.807, 2.05) is 18.2 Å². The monoisotopic (exact) mass is 345 g/mol. The van der Waals surface area contributed by atoms with Gasteiger partial charge in [0.05, 0.1) is 20.4 Å². The second kappa shape index (κ2) is 6.54. The summed E-state index contributed by atoms with van der Waals surface area (Å²) in [6.45, 7) is 0. The van der Waals surface area contributed by atoms with Gasteiger partial charge in [-0.15, -0.1) is 5.10 Å². The van der Waals surface area contributed by atoms with Crippen molar-refractivity contribution in [2.45, 2.75) is 0 Å². The van der Waals surface area contributed by atoms with Crippen molar-refractivity contribution in [1.82, 2.24) is 14.6 Å². The van der Waals surface area contributed by atoms with Gasteiger partial charge in [0.15, 0.2) is 11.5 Å². The molecule has 0 amide bonds. The van der Waals surface area contributed by atoms with Crippen LogP contribution in [0, 0.1) is 0 Å². The molecule has 0 saturated carbocycles. The quantitative estimate of drug-likeness (QED) is 0.405. The molecule has 0 saturated heterocycles. The molecule has 10 heteroatoms. The van der Waals surface area contributed by atoms with E-state index in [2.05, 4.69) is 20.3 Å². The molecule has 3 aromatic rings. The maximum absolute atomic E-state index is 5.35. The lowest BCUT2D eigenvalue weighted by atomic mass is 10.1. The topological polar surface area (TPSA) is 125 Å². The molecule has 1 aromatic carbocycles. The van der Waals surface area contributed by atoms with Gasteiger partial charge in [-0.25, -0.2) is 9.50 Å². The molecule has 124 valence electrons. The number of ether oxygens (including phenoxy) is 2. The van der Waals surface area contributed by atoms with E-state index in [-0.39, 0.29) is 5.96 Å². The van der Waals surface area contributed by atoms with Crippen molar-refractivity contribution in [3.05, 3.63) is 29.4 Å². The number of rotatable bonds is 5. The van der Waals surface area contributed by atoms with E-state index < -0.39 is 0 Å². The van der Waals surface area contributed by atoms with Crippen molar-refractivity contribution in [3.63, 3.8) is 0 Å². The number of nitrogens with two attached hydrogens (primary N) is 2. The van der Waals surface area contributed by atoms with Gasteiger partial charge in [-0.1, -0.05) is 11.3 Å². The van der Waals surface area contributed by atoms with Crippen LogP contribution in [0.1, 0.15) is 5.69 Å². The third kappa shape index (κ3) is 2.86. The highest BCUT2D eigenvalue weighted by Gasteiger charge is 2.16. The van der Waals surface area contributed by atoms with Gasteiger partial charge >= 0.3 is 0 Å². The number of benzene rings is 1. The number of nitrogens with zero attached hydrogens (tertiary/aromatic N) is 5. The Morgan fingerprint density at radius 3 is 2.75 bits per heavy atom. The standard InChI is InChI=1S/C14H15N7O2S/c1-22-10-4-3-8(5-11(10)23-2)12-9(6-17-20-13(15)16)21-14(19-12)24-7-18-21/h3-7H,1-2H3,(H4,15,16,20)/b17-6+. The zero-order valence-corrected chi connectivity index (χ0v) is 13.8. The van der Waals surface area contributed by atoms with Crippen LogP contribution in [-0.4, -0.2) is 41.0 Å². The van der Waals surface area contributed by atoms with Crippen molar-refractivity contribution < 1.29 is 9.47 Å². The van der Waals surface area contributed by atoms with Crippen molar-refractivity contribution in [1.29, 1.82) is 0 Å². The Bertz CT molecular complexity index is 924. The molecule has 9 nitrogen and oxygen atoms in total. The van der Waals surface area contributed by atoms with Gasteiger partial charge in [-0.3, -0.25) is 0 Å². The molecule has 24 heavy (non-hydrogen) atoms. The molecule has 4 N–H and O–H groups in total. The number of fused-ring (bicyclic) bond motifs is 1. The Kier molecular flexibility index (Phi) is 4.29. The lowest BCUT2D eigenvalue weighted by molar-refractivity contribution is 0.355. The number of hydrogen-bond acceptors (Lipinski definition) is 7. The van der Waals surface area contributed by atoms with Crippen LogP contribution in [0.25, 0.3) is 16.2 Å². The van der Waals surface area contributed by atoms with Gasteiger partial charge in [-0.05, 0) is 18.2 Å². The van der Waals surface area contributed by atoms with Gasteiger partial charge in [0.25, 0.3) is 0 Å². The molecule has 0 unspecified atom stereocenters. The summed E-state index contributed by atoms with van der Waals surface area (Å²) in [5, 5.41) is 11.7.